The lowest BCUT2D eigenvalue weighted by Gasteiger charge is -2.21. The number of nitrogens with zero attached hydrogens (tertiary/aromatic N) is 2. The fraction of sp³-hybridized carbons (Fsp3) is 0.500. The van der Waals surface area contributed by atoms with Gasteiger partial charge < -0.3 is 19.5 Å². The van der Waals surface area contributed by atoms with Gasteiger partial charge in [-0.15, -0.1) is 0 Å². The van der Waals surface area contributed by atoms with E-state index in [4.69, 9.17) is 16.0 Å². The largest absolute Gasteiger partial charge is 0.459 e. The van der Waals surface area contributed by atoms with Gasteiger partial charge in [-0.1, -0.05) is 11.6 Å². The van der Waals surface area contributed by atoms with Gasteiger partial charge in [-0.05, 0) is 57.6 Å². The Kier molecular flexibility index (Phi) is 5.01. The van der Waals surface area contributed by atoms with Crippen molar-refractivity contribution in [3.8, 4) is 0 Å². The van der Waals surface area contributed by atoms with Crippen LogP contribution in [0.15, 0.2) is 28.7 Å². The average Bonchev–Trinajstić information content (AvgIpc) is 3.12. The molecular formula is C18H24ClN3O2. The smallest absolute Gasteiger partial charge is 0.317 e. The van der Waals surface area contributed by atoms with E-state index < -0.39 is 0 Å². The molecule has 1 fully saturated rings. The highest BCUT2D eigenvalue weighted by molar-refractivity contribution is 6.31. The molecule has 1 aliphatic rings. The van der Waals surface area contributed by atoms with Crippen LogP contribution in [0.1, 0.15) is 25.1 Å². The highest BCUT2D eigenvalue weighted by Gasteiger charge is 2.27. The zero-order valence-electron chi connectivity index (χ0n) is 14.4. The molecule has 2 aromatic rings. The molecule has 1 aromatic heterocycles. The lowest BCUT2D eigenvalue weighted by atomic mass is 10.1. The summed E-state index contributed by atoms with van der Waals surface area (Å²) in [5, 5.41) is 4.66. The Bertz CT molecular complexity index is 728. The summed E-state index contributed by atoms with van der Waals surface area (Å²) in [5.74, 6) is 1.29. The van der Waals surface area contributed by atoms with Crippen molar-refractivity contribution in [2.45, 2.75) is 19.4 Å². The molecule has 0 saturated carbocycles. The Morgan fingerprint density at radius 2 is 2.25 bits per heavy atom. The minimum absolute atomic E-state index is 0.0257. The van der Waals surface area contributed by atoms with Gasteiger partial charge in [0.15, 0.2) is 0 Å². The van der Waals surface area contributed by atoms with Crippen molar-refractivity contribution in [3.63, 3.8) is 0 Å². The van der Waals surface area contributed by atoms with Crippen LogP contribution in [0, 0.1) is 5.92 Å². The highest BCUT2D eigenvalue weighted by atomic mass is 35.5. The number of likely N-dealkylation sites (tertiary alicyclic amines) is 1. The number of rotatable bonds is 4. The van der Waals surface area contributed by atoms with Crippen LogP contribution in [0.5, 0.6) is 0 Å². The topological polar surface area (TPSA) is 48.7 Å². The standard InChI is InChI=1S/C18H24ClN3O2/c1-12(17-9-14-8-15(19)4-5-16(14)24-17)20-18(23)22-7-6-13(11-22)10-21(2)3/h4-5,8-9,12-13H,6-7,10-11H2,1-3H3,(H,20,23)/t12-,13-/m1/s1. The maximum absolute atomic E-state index is 12.5. The molecule has 0 aliphatic carbocycles. The van der Waals surface area contributed by atoms with Crippen LogP contribution < -0.4 is 5.32 Å². The molecule has 2 atom stereocenters. The van der Waals surface area contributed by atoms with Gasteiger partial charge >= 0.3 is 6.03 Å². The zero-order chi connectivity index (χ0) is 17.3. The van der Waals surface area contributed by atoms with E-state index in [1.165, 1.54) is 0 Å². The molecule has 3 rings (SSSR count). The van der Waals surface area contributed by atoms with E-state index in [-0.39, 0.29) is 12.1 Å². The molecule has 0 unspecified atom stereocenters. The van der Waals surface area contributed by atoms with Crippen LogP contribution in [0.25, 0.3) is 11.0 Å². The summed E-state index contributed by atoms with van der Waals surface area (Å²) in [6, 6.07) is 7.24. The first kappa shape index (κ1) is 17.1. The van der Waals surface area contributed by atoms with E-state index in [0.717, 1.165) is 42.8 Å². The molecular weight excluding hydrogens is 326 g/mol. The lowest BCUT2D eigenvalue weighted by Crippen LogP contribution is -2.40. The summed E-state index contributed by atoms with van der Waals surface area (Å²) in [7, 11) is 4.14. The summed E-state index contributed by atoms with van der Waals surface area (Å²) in [6.07, 6.45) is 1.06. The number of urea groups is 1. The first-order valence-electron chi connectivity index (χ1n) is 8.31. The first-order valence-corrected chi connectivity index (χ1v) is 8.69. The third kappa shape index (κ3) is 3.84. The number of furan rings is 1. The molecule has 1 N–H and O–H groups in total. The normalized spacial score (nSPS) is 19.2. The summed E-state index contributed by atoms with van der Waals surface area (Å²) >= 11 is 6.01. The van der Waals surface area contributed by atoms with Gasteiger partial charge in [0, 0.05) is 30.0 Å². The van der Waals surface area contributed by atoms with Gasteiger partial charge in [0.05, 0.1) is 6.04 Å². The van der Waals surface area contributed by atoms with Crippen molar-refractivity contribution < 1.29 is 9.21 Å². The van der Waals surface area contributed by atoms with Crippen LogP contribution >= 0.6 is 11.6 Å². The predicted molar refractivity (Wildman–Crippen MR) is 96.4 cm³/mol. The molecule has 2 heterocycles. The Morgan fingerprint density at radius 3 is 3.00 bits per heavy atom. The second-order valence-electron chi connectivity index (χ2n) is 6.87. The molecule has 0 spiro atoms. The Morgan fingerprint density at radius 1 is 1.46 bits per heavy atom. The number of fused-ring (bicyclic) bond motifs is 1. The van der Waals surface area contributed by atoms with E-state index in [1.807, 2.05) is 30.0 Å². The second kappa shape index (κ2) is 7.03. The molecule has 1 saturated heterocycles. The van der Waals surface area contributed by atoms with Crippen molar-refractivity contribution in [3.05, 3.63) is 35.0 Å². The van der Waals surface area contributed by atoms with Gasteiger partial charge in [-0.2, -0.15) is 0 Å². The van der Waals surface area contributed by atoms with Crippen molar-refractivity contribution in [1.82, 2.24) is 15.1 Å². The predicted octanol–water partition coefficient (Wildman–Crippen LogP) is 3.74. The number of benzene rings is 1. The van der Waals surface area contributed by atoms with Crippen molar-refractivity contribution in [1.29, 1.82) is 0 Å². The van der Waals surface area contributed by atoms with E-state index in [2.05, 4.69) is 24.3 Å². The van der Waals surface area contributed by atoms with E-state index in [0.29, 0.717) is 10.9 Å². The van der Waals surface area contributed by atoms with E-state index in [1.54, 1.807) is 6.07 Å². The van der Waals surface area contributed by atoms with Gasteiger partial charge in [0.25, 0.3) is 0 Å². The van der Waals surface area contributed by atoms with Crippen molar-refractivity contribution >= 4 is 28.6 Å². The fourth-order valence-electron chi connectivity index (χ4n) is 3.28. The summed E-state index contributed by atoms with van der Waals surface area (Å²) < 4.78 is 5.82. The molecule has 0 bridgehead atoms. The molecule has 1 aliphatic heterocycles. The highest BCUT2D eigenvalue weighted by Crippen LogP contribution is 2.26. The maximum atomic E-state index is 12.5. The average molecular weight is 350 g/mol. The van der Waals surface area contributed by atoms with Crippen LogP contribution in [-0.4, -0.2) is 49.6 Å². The number of carbonyl (C=O) groups is 1. The van der Waals surface area contributed by atoms with Crippen LogP contribution in [0.4, 0.5) is 4.79 Å². The molecule has 1 aromatic carbocycles. The molecule has 0 radical (unpaired) electrons. The number of halogens is 1. The van der Waals surface area contributed by atoms with E-state index >= 15 is 0 Å². The minimum atomic E-state index is -0.184. The lowest BCUT2D eigenvalue weighted by molar-refractivity contribution is 0.200. The maximum Gasteiger partial charge on any atom is 0.317 e. The monoisotopic (exact) mass is 349 g/mol. The van der Waals surface area contributed by atoms with Gasteiger partial charge in [0.1, 0.15) is 11.3 Å². The zero-order valence-corrected chi connectivity index (χ0v) is 15.1. The number of hydrogen-bond acceptors (Lipinski definition) is 3. The summed E-state index contributed by atoms with van der Waals surface area (Å²) in [4.78, 5) is 16.5. The summed E-state index contributed by atoms with van der Waals surface area (Å²) in [6.45, 7) is 4.58. The molecule has 24 heavy (non-hydrogen) atoms. The molecule has 6 heteroatoms. The molecule has 5 nitrogen and oxygen atoms in total. The number of carbonyl (C=O) groups excluding carboxylic acids is 1. The molecule has 130 valence electrons. The number of amides is 2. The Hall–Kier alpha value is -1.72. The second-order valence-corrected chi connectivity index (χ2v) is 7.30. The number of nitrogens with one attached hydrogen (secondary N) is 1. The SMILES string of the molecule is C[C@@H](NC(=O)N1CC[C@H](CN(C)C)C1)c1cc2cc(Cl)ccc2o1. The third-order valence-corrected chi connectivity index (χ3v) is 4.70. The number of hydrogen-bond donors (Lipinski definition) is 1. The van der Waals surface area contributed by atoms with Crippen LogP contribution in [0.2, 0.25) is 5.02 Å². The summed E-state index contributed by atoms with van der Waals surface area (Å²) in [5.41, 5.74) is 0.780. The van der Waals surface area contributed by atoms with Crippen molar-refractivity contribution in [2.75, 3.05) is 33.7 Å². The van der Waals surface area contributed by atoms with Crippen LogP contribution in [-0.2, 0) is 0 Å². The quantitative estimate of drug-likeness (QED) is 0.914. The Labute approximate surface area is 147 Å². The minimum Gasteiger partial charge on any atom is -0.459 e. The van der Waals surface area contributed by atoms with Gasteiger partial charge in [-0.25, -0.2) is 4.79 Å². The fourth-order valence-corrected chi connectivity index (χ4v) is 3.46. The first-order chi connectivity index (χ1) is 11.4. The van der Waals surface area contributed by atoms with Crippen molar-refractivity contribution in [2.24, 2.45) is 5.92 Å². The molecule has 2 amide bonds. The Balaban J connectivity index is 1.61. The van der Waals surface area contributed by atoms with Gasteiger partial charge in [0.2, 0.25) is 0 Å². The third-order valence-electron chi connectivity index (χ3n) is 4.46. The van der Waals surface area contributed by atoms with E-state index in [9.17, 15) is 4.79 Å². The van der Waals surface area contributed by atoms with Crippen LogP contribution in [0.3, 0.4) is 0 Å². The van der Waals surface area contributed by atoms with Gasteiger partial charge in [-0.3, -0.25) is 0 Å².